The van der Waals surface area contributed by atoms with Gasteiger partial charge in [-0.25, -0.2) is 8.78 Å². The molecule has 0 amide bonds. The predicted molar refractivity (Wildman–Crippen MR) is 82.0 cm³/mol. The lowest BCUT2D eigenvalue weighted by atomic mass is 9.99. The average molecular weight is 280 g/mol. The average Bonchev–Trinajstić information content (AvgIpc) is 2.48. The lowest BCUT2D eigenvalue weighted by Gasteiger charge is -2.07. The van der Waals surface area contributed by atoms with E-state index >= 15 is 0 Å². The predicted octanol–water partition coefficient (Wildman–Crippen LogP) is 5.61. The Labute approximate surface area is 122 Å². The van der Waals surface area contributed by atoms with E-state index in [1.54, 1.807) is 18.2 Å². The summed E-state index contributed by atoms with van der Waals surface area (Å²) in [6.07, 6.45) is 0. The largest absolute Gasteiger partial charge is 0.207 e. The lowest BCUT2D eigenvalue weighted by molar-refractivity contribution is 0.626. The molecular formula is C19H14F2. The highest BCUT2D eigenvalue weighted by atomic mass is 19.1. The van der Waals surface area contributed by atoms with Crippen LogP contribution in [0.5, 0.6) is 0 Å². The molecule has 0 fully saturated rings. The van der Waals surface area contributed by atoms with Gasteiger partial charge in [-0.15, -0.1) is 0 Å². The number of hydrogen-bond donors (Lipinski definition) is 0. The molecule has 0 spiro atoms. The molecule has 0 radical (unpaired) electrons. The molecule has 0 heterocycles. The second kappa shape index (κ2) is 5.49. The number of aryl methyl sites for hydroxylation is 1. The van der Waals surface area contributed by atoms with Crippen molar-refractivity contribution in [3.05, 3.63) is 83.9 Å². The van der Waals surface area contributed by atoms with E-state index in [9.17, 15) is 8.78 Å². The molecule has 3 aromatic rings. The maximum atomic E-state index is 14.3. The summed E-state index contributed by atoms with van der Waals surface area (Å²) >= 11 is 0. The summed E-state index contributed by atoms with van der Waals surface area (Å²) in [6.45, 7) is 2.01. The Bertz CT molecular complexity index is 774. The van der Waals surface area contributed by atoms with Crippen LogP contribution < -0.4 is 0 Å². The Kier molecular flexibility index (Phi) is 3.53. The first-order valence-electron chi connectivity index (χ1n) is 6.76. The van der Waals surface area contributed by atoms with Gasteiger partial charge in [0.2, 0.25) is 0 Å². The van der Waals surface area contributed by atoms with Crippen molar-refractivity contribution >= 4 is 0 Å². The Balaban J connectivity index is 2.02. The van der Waals surface area contributed by atoms with Gasteiger partial charge in [-0.2, -0.15) is 0 Å². The molecule has 21 heavy (non-hydrogen) atoms. The van der Waals surface area contributed by atoms with Gasteiger partial charge in [-0.05, 0) is 41.8 Å². The molecule has 0 unspecified atom stereocenters. The lowest BCUT2D eigenvalue weighted by Crippen LogP contribution is -1.87. The topological polar surface area (TPSA) is 0 Å². The smallest absolute Gasteiger partial charge is 0.131 e. The Hall–Kier alpha value is -2.48. The molecular weight excluding hydrogens is 266 g/mol. The molecule has 0 N–H and O–H groups in total. The van der Waals surface area contributed by atoms with Gasteiger partial charge in [0.05, 0.1) is 0 Å². The summed E-state index contributed by atoms with van der Waals surface area (Å²) in [5.74, 6) is -0.629. The van der Waals surface area contributed by atoms with Gasteiger partial charge in [-0.1, -0.05) is 54.1 Å². The molecule has 2 heteroatoms. The van der Waals surface area contributed by atoms with Crippen molar-refractivity contribution in [1.82, 2.24) is 0 Å². The van der Waals surface area contributed by atoms with Crippen molar-refractivity contribution in [2.24, 2.45) is 0 Å². The van der Waals surface area contributed by atoms with Crippen LogP contribution in [0.25, 0.3) is 22.3 Å². The number of rotatable bonds is 2. The minimum Gasteiger partial charge on any atom is -0.207 e. The fourth-order valence-electron chi connectivity index (χ4n) is 2.38. The van der Waals surface area contributed by atoms with Crippen molar-refractivity contribution < 1.29 is 8.78 Å². The molecule has 0 saturated heterocycles. The number of halogens is 2. The highest BCUT2D eigenvalue weighted by molar-refractivity contribution is 5.71. The van der Waals surface area contributed by atoms with Gasteiger partial charge in [0.15, 0.2) is 0 Å². The van der Waals surface area contributed by atoms with Crippen LogP contribution in [-0.4, -0.2) is 0 Å². The highest BCUT2D eigenvalue weighted by Crippen LogP contribution is 2.28. The first-order valence-corrected chi connectivity index (χ1v) is 6.76. The van der Waals surface area contributed by atoms with E-state index in [4.69, 9.17) is 0 Å². The van der Waals surface area contributed by atoms with Gasteiger partial charge in [-0.3, -0.25) is 0 Å². The fourth-order valence-corrected chi connectivity index (χ4v) is 2.38. The first-order chi connectivity index (χ1) is 10.1. The minimum absolute atomic E-state index is 0.305. The van der Waals surface area contributed by atoms with Crippen molar-refractivity contribution in [2.45, 2.75) is 6.92 Å². The maximum Gasteiger partial charge on any atom is 0.131 e. The third-order valence-corrected chi connectivity index (χ3v) is 3.48. The molecule has 0 aliphatic heterocycles. The third-order valence-electron chi connectivity index (χ3n) is 3.48. The molecule has 0 aliphatic carbocycles. The maximum absolute atomic E-state index is 14.3. The zero-order valence-electron chi connectivity index (χ0n) is 11.6. The SMILES string of the molecule is Cc1cccc(-c2ccc(-c3ccc(F)cc3)c(F)c2)c1. The molecule has 0 aliphatic rings. The van der Waals surface area contributed by atoms with Crippen LogP contribution >= 0.6 is 0 Å². The van der Waals surface area contributed by atoms with E-state index in [1.807, 2.05) is 37.3 Å². The van der Waals surface area contributed by atoms with Crippen molar-refractivity contribution in [3.63, 3.8) is 0 Å². The first kappa shape index (κ1) is 13.5. The van der Waals surface area contributed by atoms with Crippen LogP contribution in [0.4, 0.5) is 8.78 Å². The van der Waals surface area contributed by atoms with Crippen LogP contribution in [0.15, 0.2) is 66.7 Å². The van der Waals surface area contributed by atoms with Crippen molar-refractivity contribution in [2.75, 3.05) is 0 Å². The van der Waals surface area contributed by atoms with E-state index in [0.29, 0.717) is 11.1 Å². The van der Waals surface area contributed by atoms with E-state index in [2.05, 4.69) is 0 Å². The molecule has 3 rings (SSSR count). The van der Waals surface area contributed by atoms with Crippen LogP contribution in [0.2, 0.25) is 0 Å². The van der Waals surface area contributed by atoms with Gasteiger partial charge in [0.25, 0.3) is 0 Å². The molecule has 0 aromatic heterocycles. The molecule has 0 atom stereocenters. The molecule has 0 bridgehead atoms. The van der Waals surface area contributed by atoms with Crippen LogP contribution in [0, 0.1) is 18.6 Å². The molecule has 0 nitrogen and oxygen atoms in total. The number of benzene rings is 3. The Morgan fingerprint density at radius 2 is 1.33 bits per heavy atom. The third kappa shape index (κ3) is 2.84. The van der Waals surface area contributed by atoms with E-state index in [-0.39, 0.29) is 11.6 Å². The Morgan fingerprint density at radius 3 is 2.00 bits per heavy atom. The Morgan fingerprint density at radius 1 is 0.667 bits per heavy atom. The molecule has 0 saturated carbocycles. The summed E-state index contributed by atoms with van der Waals surface area (Å²) in [5.41, 5.74) is 4.10. The summed E-state index contributed by atoms with van der Waals surface area (Å²) in [5, 5.41) is 0. The van der Waals surface area contributed by atoms with E-state index < -0.39 is 0 Å². The highest BCUT2D eigenvalue weighted by Gasteiger charge is 2.07. The summed E-state index contributed by atoms with van der Waals surface area (Å²) in [6, 6.07) is 18.9. The van der Waals surface area contributed by atoms with Gasteiger partial charge < -0.3 is 0 Å². The van der Waals surface area contributed by atoms with E-state index in [0.717, 1.165) is 16.7 Å². The molecule has 3 aromatic carbocycles. The standard InChI is InChI=1S/C19H14F2/c1-13-3-2-4-15(11-13)16-7-10-18(19(21)12-16)14-5-8-17(20)9-6-14/h2-12H,1H3. The van der Waals surface area contributed by atoms with Crippen LogP contribution in [0.3, 0.4) is 0 Å². The summed E-state index contributed by atoms with van der Waals surface area (Å²) in [4.78, 5) is 0. The zero-order chi connectivity index (χ0) is 14.8. The zero-order valence-corrected chi connectivity index (χ0v) is 11.6. The van der Waals surface area contributed by atoms with Crippen LogP contribution in [0.1, 0.15) is 5.56 Å². The molecule has 104 valence electrons. The minimum atomic E-state index is -0.324. The monoisotopic (exact) mass is 280 g/mol. The van der Waals surface area contributed by atoms with Crippen LogP contribution in [-0.2, 0) is 0 Å². The second-order valence-corrected chi connectivity index (χ2v) is 5.07. The summed E-state index contributed by atoms with van der Waals surface area (Å²) < 4.78 is 27.3. The van der Waals surface area contributed by atoms with Gasteiger partial charge >= 0.3 is 0 Å². The fraction of sp³-hybridized carbons (Fsp3) is 0.0526. The number of hydrogen-bond acceptors (Lipinski definition) is 0. The van der Waals surface area contributed by atoms with Crippen molar-refractivity contribution in [3.8, 4) is 22.3 Å². The normalized spacial score (nSPS) is 10.6. The van der Waals surface area contributed by atoms with Crippen molar-refractivity contribution in [1.29, 1.82) is 0 Å². The second-order valence-electron chi connectivity index (χ2n) is 5.07. The van der Waals surface area contributed by atoms with Gasteiger partial charge in [0, 0.05) is 5.56 Å². The quantitative estimate of drug-likeness (QED) is 0.572. The summed E-state index contributed by atoms with van der Waals surface area (Å²) in [7, 11) is 0. The van der Waals surface area contributed by atoms with Gasteiger partial charge in [0.1, 0.15) is 11.6 Å². The van der Waals surface area contributed by atoms with E-state index in [1.165, 1.54) is 18.2 Å².